The molecule has 0 atom stereocenters. The van der Waals surface area contributed by atoms with Crippen LogP contribution in [0.4, 0.5) is 0 Å². The summed E-state index contributed by atoms with van der Waals surface area (Å²) in [4.78, 5) is 12.8. The molecule has 94 valence electrons. The number of rotatable bonds is 4. The summed E-state index contributed by atoms with van der Waals surface area (Å²) < 4.78 is 10.4. The third-order valence-electron chi connectivity index (χ3n) is 2.52. The van der Waals surface area contributed by atoms with E-state index in [1.807, 2.05) is 6.07 Å². The van der Waals surface area contributed by atoms with Gasteiger partial charge in [-0.25, -0.2) is 0 Å². The van der Waals surface area contributed by atoms with Gasteiger partial charge in [0.15, 0.2) is 11.5 Å². The SMILES string of the molecule is COc1cc2cc(/C=C/[N+](=O)[O-])[nH]c2cc1OC. The summed E-state index contributed by atoms with van der Waals surface area (Å²) in [6.45, 7) is 0. The number of fused-ring (bicyclic) bond motifs is 1. The minimum absolute atomic E-state index is 0.507. The minimum Gasteiger partial charge on any atom is -0.493 e. The molecule has 0 amide bonds. The second kappa shape index (κ2) is 4.79. The number of hydrogen-bond acceptors (Lipinski definition) is 4. The van der Waals surface area contributed by atoms with Crippen molar-refractivity contribution in [3.63, 3.8) is 0 Å². The fourth-order valence-corrected chi connectivity index (χ4v) is 1.71. The highest BCUT2D eigenvalue weighted by molar-refractivity contribution is 5.86. The van der Waals surface area contributed by atoms with E-state index in [0.29, 0.717) is 17.2 Å². The smallest absolute Gasteiger partial charge is 0.236 e. The first-order valence-electron chi connectivity index (χ1n) is 5.20. The van der Waals surface area contributed by atoms with Gasteiger partial charge in [-0.05, 0) is 12.1 Å². The van der Waals surface area contributed by atoms with Gasteiger partial charge in [-0.1, -0.05) is 0 Å². The number of aromatic amines is 1. The van der Waals surface area contributed by atoms with Crippen LogP contribution in [0, 0.1) is 10.1 Å². The topological polar surface area (TPSA) is 77.4 Å². The molecule has 0 unspecified atom stereocenters. The summed E-state index contributed by atoms with van der Waals surface area (Å²) in [5, 5.41) is 11.2. The lowest BCUT2D eigenvalue weighted by Crippen LogP contribution is -1.89. The largest absolute Gasteiger partial charge is 0.493 e. The van der Waals surface area contributed by atoms with E-state index >= 15 is 0 Å². The molecule has 6 nitrogen and oxygen atoms in total. The molecule has 0 radical (unpaired) electrons. The fraction of sp³-hybridized carbons (Fsp3) is 0.167. The van der Waals surface area contributed by atoms with Crippen molar-refractivity contribution in [3.05, 3.63) is 40.2 Å². The standard InChI is InChI=1S/C12H12N2O4/c1-17-11-6-8-5-9(3-4-14(15)16)13-10(8)7-12(11)18-2/h3-7,13H,1-2H3/b4-3+. The van der Waals surface area contributed by atoms with Gasteiger partial charge >= 0.3 is 0 Å². The number of H-pyrrole nitrogens is 1. The number of nitrogens with zero attached hydrogens (tertiary/aromatic N) is 1. The number of aromatic nitrogens is 1. The van der Waals surface area contributed by atoms with Crippen LogP contribution in [-0.4, -0.2) is 24.1 Å². The van der Waals surface area contributed by atoms with Gasteiger partial charge in [0, 0.05) is 28.7 Å². The van der Waals surface area contributed by atoms with Crippen LogP contribution in [0.3, 0.4) is 0 Å². The number of ether oxygens (including phenoxy) is 2. The average molecular weight is 248 g/mol. The van der Waals surface area contributed by atoms with Gasteiger partial charge in [0.2, 0.25) is 6.20 Å². The molecule has 0 aliphatic carbocycles. The zero-order valence-corrected chi connectivity index (χ0v) is 9.97. The molecule has 18 heavy (non-hydrogen) atoms. The van der Waals surface area contributed by atoms with Crippen LogP contribution in [0.2, 0.25) is 0 Å². The minimum atomic E-state index is -0.507. The Labute approximate surface area is 103 Å². The Balaban J connectivity index is 2.47. The predicted octanol–water partition coefficient (Wildman–Crippen LogP) is 2.43. The van der Waals surface area contributed by atoms with E-state index in [9.17, 15) is 10.1 Å². The van der Waals surface area contributed by atoms with Crippen molar-refractivity contribution < 1.29 is 14.4 Å². The zero-order valence-electron chi connectivity index (χ0n) is 9.97. The number of benzene rings is 1. The van der Waals surface area contributed by atoms with E-state index in [-0.39, 0.29) is 0 Å². The highest BCUT2D eigenvalue weighted by Crippen LogP contribution is 2.32. The Kier molecular flexibility index (Phi) is 3.18. The van der Waals surface area contributed by atoms with Crippen LogP contribution in [-0.2, 0) is 0 Å². The molecule has 0 saturated carbocycles. The second-order valence-electron chi connectivity index (χ2n) is 3.62. The van der Waals surface area contributed by atoms with Crippen molar-refractivity contribution in [2.24, 2.45) is 0 Å². The van der Waals surface area contributed by atoms with Gasteiger partial charge in [0.1, 0.15) is 0 Å². The van der Waals surface area contributed by atoms with Crippen LogP contribution in [0.1, 0.15) is 5.69 Å². The van der Waals surface area contributed by atoms with Gasteiger partial charge in [0.25, 0.3) is 0 Å². The number of nitro groups is 1. The maximum Gasteiger partial charge on any atom is 0.236 e. The van der Waals surface area contributed by atoms with Crippen LogP contribution in [0.5, 0.6) is 11.5 Å². The Hall–Kier alpha value is -2.50. The summed E-state index contributed by atoms with van der Waals surface area (Å²) in [6, 6.07) is 5.41. The van der Waals surface area contributed by atoms with E-state index in [4.69, 9.17) is 9.47 Å². The number of hydrogen-bond donors (Lipinski definition) is 1. The number of methoxy groups -OCH3 is 2. The highest BCUT2D eigenvalue weighted by atomic mass is 16.6. The molecule has 1 aromatic carbocycles. The second-order valence-corrected chi connectivity index (χ2v) is 3.62. The van der Waals surface area contributed by atoms with Crippen LogP contribution in [0.25, 0.3) is 17.0 Å². The molecule has 0 spiro atoms. The predicted molar refractivity (Wildman–Crippen MR) is 67.4 cm³/mol. The maximum absolute atomic E-state index is 10.3. The van der Waals surface area contributed by atoms with Gasteiger partial charge < -0.3 is 14.5 Å². The van der Waals surface area contributed by atoms with E-state index in [1.54, 1.807) is 26.4 Å². The molecule has 0 aliphatic rings. The van der Waals surface area contributed by atoms with Crippen molar-refractivity contribution in [1.29, 1.82) is 0 Å². The highest BCUT2D eigenvalue weighted by Gasteiger charge is 2.07. The lowest BCUT2D eigenvalue weighted by molar-refractivity contribution is -0.400. The molecule has 1 aromatic heterocycles. The molecule has 0 aliphatic heterocycles. The molecule has 1 N–H and O–H groups in total. The lowest BCUT2D eigenvalue weighted by atomic mass is 10.2. The van der Waals surface area contributed by atoms with Crippen molar-refractivity contribution in [1.82, 2.24) is 4.98 Å². The average Bonchev–Trinajstić information content (AvgIpc) is 2.76. The Morgan fingerprint density at radius 1 is 1.22 bits per heavy atom. The molecule has 0 fully saturated rings. The zero-order chi connectivity index (χ0) is 13.1. The fourth-order valence-electron chi connectivity index (χ4n) is 1.71. The first-order valence-corrected chi connectivity index (χ1v) is 5.20. The Morgan fingerprint density at radius 3 is 2.50 bits per heavy atom. The van der Waals surface area contributed by atoms with Gasteiger partial charge in [-0.15, -0.1) is 0 Å². The summed E-state index contributed by atoms with van der Waals surface area (Å²) in [6.07, 6.45) is 2.29. The quantitative estimate of drug-likeness (QED) is 0.665. The van der Waals surface area contributed by atoms with Gasteiger partial charge in [-0.2, -0.15) is 0 Å². The molecule has 6 heteroatoms. The summed E-state index contributed by atoms with van der Waals surface area (Å²) >= 11 is 0. The van der Waals surface area contributed by atoms with E-state index in [0.717, 1.165) is 17.1 Å². The van der Waals surface area contributed by atoms with Crippen molar-refractivity contribution in [3.8, 4) is 11.5 Å². The van der Waals surface area contributed by atoms with E-state index in [2.05, 4.69) is 4.98 Å². The molecule has 2 aromatic rings. The van der Waals surface area contributed by atoms with Crippen LogP contribution >= 0.6 is 0 Å². The summed E-state index contributed by atoms with van der Waals surface area (Å²) in [5.74, 6) is 1.23. The first-order chi connectivity index (χ1) is 8.63. The summed E-state index contributed by atoms with van der Waals surface area (Å²) in [7, 11) is 3.12. The van der Waals surface area contributed by atoms with Crippen molar-refractivity contribution in [2.45, 2.75) is 0 Å². The van der Waals surface area contributed by atoms with Gasteiger partial charge in [-0.3, -0.25) is 10.1 Å². The number of nitrogens with one attached hydrogen (secondary N) is 1. The molecule has 1 heterocycles. The molecular weight excluding hydrogens is 236 g/mol. The summed E-state index contributed by atoms with van der Waals surface area (Å²) in [5.41, 5.74) is 1.48. The maximum atomic E-state index is 10.3. The Morgan fingerprint density at radius 2 is 1.89 bits per heavy atom. The van der Waals surface area contributed by atoms with Crippen LogP contribution in [0.15, 0.2) is 24.4 Å². The molecular formula is C12H12N2O4. The monoisotopic (exact) mass is 248 g/mol. The molecule has 0 saturated heterocycles. The lowest BCUT2D eigenvalue weighted by Gasteiger charge is -2.06. The van der Waals surface area contributed by atoms with E-state index in [1.165, 1.54) is 6.08 Å². The van der Waals surface area contributed by atoms with E-state index < -0.39 is 4.92 Å². The molecule has 0 bridgehead atoms. The van der Waals surface area contributed by atoms with Crippen LogP contribution < -0.4 is 9.47 Å². The van der Waals surface area contributed by atoms with Gasteiger partial charge in [0.05, 0.1) is 19.1 Å². The van der Waals surface area contributed by atoms with Crippen molar-refractivity contribution in [2.75, 3.05) is 14.2 Å². The van der Waals surface area contributed by atoms with Crippen molar-refractivity contribution >= 4 is 17.0 Å². The first kappa shape index (κ1) is 12.0. The third-order valence-corrected chi connectivity index (χ3v) is 2.52. The third kappa shape index (κ3) is 2.27. The molecule has 2 rings (SSSR count). The normalized spacial score (nSPS) is 11.0. The Bertz CT molecular complexity index is 575.